The maximum atomic E-state index is 12.5. The molecule has 1 unspecified atom stereocenters. The lowest BCUT2D eigenvalue weighted by Crippen LogP contribution is -2.41. The van der Waals surface area contributed by atoms with Crippen molar-refractivity contribution in [3.05, 3.63) is 65.7 Å². The van der Waals surface area contributed by atoms with Gasteiger partial charge in [-0.25, -0.2) is 0 Å². The van der Waals surface area contributed by atoms with Gasteiger partial charge in [0.1, 0.15) is 0 Å². The molecule has 0 aromatic heterocycles. The van der Waals surface area contributed by atoms with E-state index >= 15 is 0 Å². The molecule has 0 saturated carbocycles. The van der Waals surface area contributed by atoms with Crippen LogP contribution in [0.5, 0.6) is 0 Å². The van der Waals surface area contributed by atoms with Gasteiger partial charge in [0.2, 0.25) is 0 Å². The van der Waals surface area contributed by atoms with E-state index < -0.39 is 30.2 Å². The summed E-state index contributed by atoms with van der Waals surface area (Å²) in [4.78, 5) is 24.0. The van der Waals surface area contributed by atoms with Crippen LogP contribution in [0.2, 0.25) is 0 Å². The Labute approximate surface area is 184 Å². The van der Waals surface area contributed by atoms with Crippen molar-refractivity contribution in [2.45, 2.75) is 51.7 Å². The van der Waals surface area contributed by atoms with E-state index in [0.717, 1.165) is 11.0 Å². The van der Waals surface area contributed by atoms with Crippen molar-refractivity contribution in [3.63, 3.8) is 0 Å². The Morgan fingerprint density at radius 2 is 1.55 bits per heavy atom. The fourth-order valence-electron chi connectivity index (χ4n) is 3.44. The average Bonchev–Trinajstić information content (AvgIpc) is 2.95. The predicted molar refractivity (Wildman–Crippen MR) is 120 cm³/mol. The standard InChI is InChI=1S/C24H30BNO5/c1-23(2)24(3,4)31-25(30-23)20-12-10-18(11-13-20)21(27)26-15-14-19(22(28)29)16-17-8-6-5-7-9-17/h5-13,19H,14-16H2,1-4H3,(H,26,27)(H,28,29). The van der Waals surface area contributed by atoms with Crippen molar-refractivity contribution in [1.29, 1.82) is 0 Å². The van der Waals surface area contributed by atoms with Gasteiger partial charge in [-0.1, -0.05) is 42.5 Å². The number of carbonyl (C=O) groups is 2. The van der Waals surface area contributed by atoms with Crippen LogP contribution in [0.1, 0.15) is 50.0 Å². The maximum Gasteiger partial charge on any atom is 0.494 e. The number of aliphatic carboxylic acids is 1. The fraction of sp³-hybridized carbons (Fsp3) is 0.417. The van der Waals surface area contributed by atoms with Crippen LogP contribution in [0.4, 0.5) is 0 Å². The molecule has 1 aliphatic heterocycles. The third kappa shape index (κ3) is 5.54. The summed E-state index contributed by atoms with van der Waals surface area (Å²) in [6.45, 7) is 8.28. The van der Waals surface area contributed by atoms with E-state index in [1.165, 1.54) is 0 Å². The number of benzene rings is 2. The molecular formula is C24H30BNO5. The van der Waals surface area contributed by atoms with E-state index in [4.69, 9.17) is 9.31 Å². The molecule has 3 rings (SSSR count). The van der Waals surface area contributed by atoms with Gasteiger partial charge >= 0.3 is 13.1 Å². The second kappa shape index (κ2) is 9.24. The average molecular weight is 423 g/mol. The summed E-state index contributed by atoms with van der Waals surface area (Å²) in [7, 11) is -0.476. The van der Waals surface area contributed by atoms with E-state index in [-0.39, 0.29) is 5.91 Å². The van der Waals surface area contributed by atoms with Gasteiger partial charge < -0.3 is 19.7 Å². The fourth-order valence-corrected chi connectivity index (χ4v) is 3.44. The Bertz CT molecular complexity index is 895. The zero-order valence-corrected chi connectivity index (χ0v) is 18.6. The minimum atomic E-state index is -0.857. The third-order valence-electron chi connectivity index (χ3n) is 6.15. The smallest absolute Gasteiger partial charge is 0.481 e. The lowest BCUT2D eigenvalue weighted by molar-refractivity contribution is -0.141. The third-order valence-corrected chi connectivity index (χ3v) is 6.15. The van der Waals surface area contributed by atoms with Crippen LogP contribution in [-0.4, -0.2) is 41.8 Å². The molecule has 1 saturated heterocycles. The molecule has 1 fully saturated rings. The molecule has 1 atom stereocenters. The van der Waals surface area contributed by atoms with E-state index in [9.17, 15) is 14.7 Å². The first kappa shape index (κ1) is 23.0. The second-order valence-electron chi connectivity index (χ2n) is 8.98. The largest absolute Gasteiger partial charge is 0.494 e. The van der Waals surface area contributed by atoms with E-state index in [0.29, 0.717) is 24.9 Å². The number of carbonyl (C=O) groups excluding carboxylic acids is 1. The summed E-state index contributed by atoms with van der Waals surface area (Å²) in [5.74, 6) is -1.64. The van der Waals surface area contributed by atoms with Crippen LogP contribution in [-0.2, 0) is 20.5 Å². The molecule has 31 heavy (non-hydrogen) atoms. The summed E-state index contributed by atoms with van der Waals surface area (Å²) in [6, 6.07) is 16.6. The highest BCUT2D eigenvalue weighted by Crippen LogP contribution is 2.36. The Morgan fingerprint density at radius 1 is 0.968 bits per heavy atom. The zero-order chi connectivity index (χ0) is 22.6. The Morgan fingerprint density at radius 3 is 2.10 bits per heavy atom. The first-order chi connectivity index (χ1) is 14.6. The Balaban J connectivity index is 1.53. The van der Waals surface area contributed by atoms with Crippen LogP contribution >= 0.6 is 0 Å². The molecule has 0 radical (unpaired) electrons. The van der Waals surface area contributed by atoms with Crippen LogP contribution in [0, 0.1) is 5.92 Å². The van der Waals surface area contributed by atoms with Gasteiger partial charge in [0.05, 0.1) is 17.1 Å². The molecule has 1 amide bonds. The summed E-state index contributed by atoms with van der Waals surface area (Å²) in [5, 5.41) is 12.3. The van der Waals surface area contributed by atoms with Crippen molar-refractivity contribution >= 4 is 24.5 Å². The molecule has 7 heteroatoms. The van der Waals surface area contributed by atoms with E-state index in [1.54, 1.807) is 12.1 Å². The van der Waals surface area contributed by atoms with Crippen molar-refractivity contribution in [2.24, 2.45) is 5.92 Å². The van der Waals surface area contributed by atoms with Gasteiger partial charge in [-0.2, -0.15) is 0 Å². The molecular weight excluding hydrogens is 393 g/mol. The quantitative estimate of drug-likeness (QED) is 0.638. The minimum absolute atomic E-state index is 0.232. The van der Waals surface area contributed by atoms with Gasteiger partial charge in [0.25, 0.3) is 5.91 Å². The number of amides is 1. The van der Waals surface area contributed by atoms with Gasteiger partial charge in [-0.3, -0.25) is 9.59 Å². The minimum Gasteiger partial charge on any atom is -0.481 e. The lowest BCUT2D eigenvalue weighted by Gasteiger charge is -2.32. The topological polar surface area (TPSA) is 84.9 Å². The number of rotatable bonds is 8. The number of hydrogen-bond donors (Lipinski definition) is 2. The Kier molecular flexibility index (Phi) is 6.87. The molecule has 0 spiro atoms. The van der Waals surface area contributed by atoms with Crippen molar-refractivity contribution in [1.82, 2.24) is 5.32 Å². The summed E-state index contributed by atoms with van der Waals surface area (Å²) in [6.07, 6.45) is 0.802. The molecule has 2 aromatic rings. The normalized spacial score (nSPS) is 17.9. The molecule has 1 aliphatic rings. The highest BCUT2D eigenvalue weighted by atomic mass is 16.7. The summed E-state index contributed by atoms with van der Waals surface area (Å²) in [5.41, 5.74) is 1.49. The SMILES string of the molecule is CC1(C)OB(c2ccc(C(=O)NCCC(Cc3ccccc3)C(=O)O)cc2)OC1(C)C. The molecule has 0 bridgehead atoms. The van der Waals surface area contributed by atoms with Crippen molar-refractivity contribution in [2.75, 3.05) is 6.54 Å². The lowest BCUT2D eigenvalue weighted by atomic mass is 9.79. The molecule has 6 nitrogen and oxygen atoms in total. The van der Waals surface area contributed by atoms with E-state index in [2.05, 4.69) is 5.32 Å². The van der Waals surface area contributed by atoms with Crippen molar-refractivity contribution < 1.29 is 24.0 Å². The number of hydrogen-bond acceptors (Lipinski definition) is 4. The first-order valence-electron chi connectivity index (χ1n) is 10.6. The highest BCUT2D eigenvalue weighted by molar-refractivity contribution is 6.62. The first-order valence-corrected chi connectivity index (χ1v) is 10.6. The van der Waals surface area contributed by atoms with Crippen LogP contribution < -0.4 is 10.8 Å². The summed E-state index contributed by atoms with van der Waals surface area (Å²) < 4.78 is 12.1. The zero-order valence-electron chi connectivity index (χ0n) is 18.6. The molecule has 2 aromatic carbocycles. The molecule has 164 valence electrons. The second-order valence-corrected chi connectivity index (χ2v) is 8.98. The monoisotopic (exact) mass is 423 g/mol. The number of nitrogens with one attached hydrogen (secondary N) is 1. The number of carboxylic acids is 1. The molecule has 0 aliphatic carbocycles. The van der Waals surface area contributed by atoms with Gasteiger partial charge in [0.15, 0.2) is 0 Å². The summed E-state index contributed by atoms with van der Waals surface area (Å²) >= 11 is 0. The Hall–Kier alpha value is -2.64. The number of carboxylic acid groups (broad SMARTS) is 1. The predicted octanol–water partition coefficient (Wildman–Crippen LogP) is 3.05. The van der Waals surface area contributed by atoms with Crippen LogP contribution in [0.3, 0.4) is 0 Å². The van der Waals surface area contributed by atoms with Crippen LogP contribution in [0.15, 0.2) is 54.6 Å². The van der Waals surface area contributed by atoms with Gasteiger partial charge in [0, 0.05) is 12.1 Å². The van der Waals surface area contributed by atoms with Crippen LogP contribution in [0.25, 0.3) is 0 Å². The molecule has 2 N–H and O–H groups in total. The molecule has 1 heterocycles. The van der Waals surface area contributed by atoms with Gasteiger partial charge in [-0.15, -0.1) is 0 Å². The highest BCUT2D eigenvalue weighted by Gasteiger charge is 2.51. The maximum absolute atomic E-state index is 12.5. The van der Waals surface area contributed by atoms with Gasteiger partial charge in [-0.05, 0) is 63.7 Å². The van der Waals surface area contributed by atoms with E-state index in [1.807, 2.05) is 70.2 Å². The van der Waals surface area contributed by atoms with Crippen molar-refractivity contribution in [3.8, 4) is 0 Å².